The standard InChI is InChI=1S/C12H24INO2/c1-6-7-12(4,5)16-9-8-11(2,3)14-10(13)15/h6-9H2,1-5H3,(H,14,15). The predicted molar refractivity (Wildman–Crippen MR) is 76.2 cm³/mol. The van der Waals surface area contributed by atoms with Gasteiger partial charge in [-0.3, -0.25) is 4.79 Å². The third-order valence-corrected chi connectivity index (χ3v) is 2.78. The number of carbonyl (C=O) groups is 1. The maximum atomic E-state index is 11.0. The van der Waals surface area contributed by atoms with Crippen LogP contribution >= 0.6 is 22.6 Å². The molecule has 1 amide bonds. The summed E-state index contributed by atoms with van der Waals surface area (Å²) in [5.74, 6) is 0. The SMILES string of the molecule is CCCC(C)(C)OCCC(C)(C)NC(=O)I. The van der Waals surface area contributed by atoms with E-state index < -0.39 is 0 Å². The van der Waals surface area contributed by atoms with Crippen LogP contribution in [0.4, 0.5) is 4.79 Å². The van der Waals surface area contributed by atoms with Crippen molar-refractivity contribution in [3.05, 3.63) is 0 Å². The van der Waals surface area contributed by atoms with Gasteiger partial charge in [-0.1, -0.05) is 13.3 Å². The van der Waals surface area contributed by atoms with Crippen molar-refractivity contribution >= 4 is 26.5 Å². The summed E-state index contributed by atoms with van der Waals surface area (Å²) < 4.78 is 5.82. The topological polar surface area (TPSA) is 38.3 Å². The number of ether oxygens (including phenoxy) is 1. The summed E-state index contributed by atoms with van der Waals surface area (Å²) in [4.78, 5) is 11.0. The molecule has 0 aromatic heterocycles. The Morgan fingerprint density at radius 2 is 1.81 bits per heavy atom. The first-order valence-electron chi connectivity index (χ1n) is 5.80. The van der Waals surface area contributed by atoms with Crippen LogP contribution < -0.4 is 5.32 Å². The van der Waals surface area contributed by atoms with Crippen LogP contribution in [0.2, 0.25) is 0 Å². The van der Waals surface area contributed by atoms with E-state index in [1.165, 1.54) is 0 Å². The summed E-state index contributed by atoms with van der Waals surface area (Å²) in [5.41, 5.74) is -0.250. The van der Waals surface area contributed by atoms with Crippen molar-refractivity contribution in [2.24, 2.45) is 0 Å². The van der Waals surface area contributed by atoms with E-state index in [0.29, 0.717) is 6.61 Å². The lowest BCUT2D eigenvalue weighted by atomic mass is 10.0. The lowest BCUT2D eigenvalue weighted by Crippen LogP contribution is -2.42. The van der Waals surface area contributed by atoms with Crippen LogP contribution in [0.15, 0.2) is 0 Å². The number of carbonyl (C=O) groups excluding carboxylic acids is 1. The van der Waals surface area contributed by atoms with E-state index in [2.05, 4.69) is 26.1 Å². The lowest BCUT2D eigenvalue weighted by molar-refractivity contribution is -0.0304. The van der Waals surface area contributed by atoms with E-state index in [4.69, 9.17) is 4.74 Å². The van der Waals surface area contributed by atoms with E-state index in [-0.39, 0.29) is 15.1 Å². The van der Waals surface area contributed by atoms with Gasteiger partial charge in [0.2, 0.25) is 0 Å². The zero-order valence-corrected chi connectivity index (χ0v) is 13.2. The Morgan fingerprint density at radius 1 is 1.25 bits per heavy atom. The van der Waals surface area contributed by atoms with Crippen LogP contribution in [0.1, 0.15) is 53.9 Å². The first kappa shape index (κ1) is 16.2. The molecule has 0 bridgehead atoms. The van der Waals surface area contributed by atoms with Crippen molar-refractivity contribution in [1.82, 2.24) is 5.32 Å². The second-order valence-electron chi connectivity index (χ2n) is 5.39. The van der Waals surface area contributed by atoms with Gasteiger partial charge in [-0.25, -0.2) is 0 Å². The molecule has 0 radical (unpaired) electrons. The monoisotopic (exact) mass is 341 g/mol. The number of halogens is 1. The van der Waals surface area contributed by atoms with E-state index in [0.717, 1.165) is 19.3 Å². The van der Waals surface area contributed by atoms with Gasteiger partial charge in [-0.2, -0.15) is 0 Å². The van der Waals surface area contributed by atoms with Crippen LogP contribution in [0.5, 0.6) is 0 Å². The molecule has 0 saturated carbocycles. The molecule has 16 heavy (non-hydrogen) atoms. The molecule has 0 unspecified atom stereocenters. The Labute approximate surface area is 113 Å². The van der Waals surface area contributed by atoms with Gasteiger partial charge in [0.05, 0.1) is 5.60 Å². The average molecular weight is 341 g/mol. The highest BCUT2D eigenvalue weighted by Crippen LogP contribution is 2.18. The molecule has 0 saturated heterocycles. The molecule has 0 fully saturated rings. The highest BCUT2D eigenvalue weighted by Gasteiger charge is 2.22. The molecular formula is C12H24INO2. The van der Waals surface area contributed by atoms with Gasteiger partial charge in [-0.05, 0) is 40.5 Å². The van der Waals surface area contributed by atoms with Crippen molar-refractivity contribution in [1.29, 1.82) is 0 Å². The fourth-order valence-electron chi connectivity index (χ4n) is 1.59. The minimum absolute atomic E-state index is 0.0181. The number of nitrogens with one attached hydrogen (secondary N) is 1. The molecule has 0 aliphatic heterocycles. The van der Waals surface area contributed by atoms with Crippen molar-refractivity contribution < 1.29 is 9.53 Å². The Kier molecular flexibility index (Phi) is 6.86. The highest BCUT2D eigenvalue weighted by molar-refractivity contribution is 14.1. The van der Waals surface area contributed by atoms with E-state index in [1.807, 2.05) is 13.8 Å². The van der Waals surface area contributed by atoms with Gasteiger partial charge in [0.1, 0.15) is 0 Å². The molecule has 0 aromatic rings. The largest absolute Gasteiger partial charge is 0.375 e. The van der Waals surface area contributed by atoms with Crippen LogP contribution in [-0.4, -0.2) is 21.7 Å². The molecule has 0 aliphatic rings. The fourth-order valence-corrected chi connectivity index (χ4v) is 2.32. The Hall–Kier alpha value is 0.160. The minimum atomic E-state index is -0.194. The van der Waals surface area contributed by atoms with Gasteiger partial charge in [0, 0.05) is 34.7 Å². The number of rotatable bonds is 7. The Morgan fingerprint density at radius 3 is 2.25 bits per heavy atom. The maximum Gasteiger partial charge on any atom is 0.281 e. The van der Waals surface area contributed by atoms with Crippen LogP contribution in [0.3, 0.4) is 0 Å². The van der Waals surface area contributed by atoms with Gasteiger partial charge >= 0.3 is 0 Å². The third kappa shape index (κ3) is 8.33. The van der Waals surface area contributed by atoms with Crippen LogP contribution in [0, 0.1) is 0 Å². The number of hydrogen-bond acceptors (Lipinski definition) is 2. The molecule has 0 spiro atoms. The molecule has 0 rings (SSSR count). The van der Waals surface area contributed by atoms with Crippen LogP contribution in [-0.2, 0) is 4.74 Å². The van der Waals surface area contributed by atoms with E-state index in [1.54, 1.807) is 22.6 Å². The van der Waals surface area contributed by atoms with Gasteiger partial charge in [0.25, 0.3) is 3.91 Å². The second kappa shape index (κ2) is 6.79. The first-order valence-corrected chi connectivity index (χ1v) is 6.88. The first-order chi connectivity index (χ1) is 7.18. The lowest BCUT2D eigenvalue weighted by Gasteiger charge is -2.29. The second-order valence-corrected chi connectivity index (χ2v) is 6.37. The smallest absolute Gasteiger partial charge is 0.281 e. The summed E-state index contributed by atoms with van der Waals surface area (Å²) in [7, 11) is 0. The summed E-state index contributed by atoms with van der Waals surface area (Å²) in [6.45, 7) is 11.1. The molecule has 1 N–H and O–H groups in total. The average Bonchev–Trinajstić information content (AvgIpc) is 1.99. The van der Waals surface area contributed by atoms with Gasteiger partial charge in [-0.15, -0.1) is 0 Å². The zero-order chi connectivity index (χ0) is 12.8. The number of hydrogen-bond donors (Lipinski definition) is 1. The number of amides is 1. The van der Waals surface area contributed by atoms with Crippen molar-refractivity contribution in [3.8, 4) is 0 Å². The van der Waals surface area contributed by atoms with Crippen molar-refractivity contribution in [2.45, 2.75) is 65.0 Å². The molecule has 0 atom stereocenters. The summed E-state index contributed by atoms with van der Waals surface area (Å²) in [6.07, 6.45) is 3.02. The third-order valence-electron chi connectivity index (χ3n) is 2.51. The maximum absolute atomic E-state index is 11.0. The van der Waals surface area contributed by atoms with Gasteiger partial charge in [0.15, 0.2) is 0 Å². The summed E-state index contributed by atoms with van der Waals surface area (Å²) in [6, 6.07) is 0. The quantitative estimate of drug-likeness (QED) is 0.433. The molecule has 0 heterocycles. The molecule has 4 heteroatoms. The van der Waals surface area contributed by atoms with Crippen molar-refractivity contribution in [2.75, 3.05) is 6.61 Å². The highest BCUT2D eigenvalue weighted by atomic mass is 127. The van der Waals surface area contributed by atoms with Gasteiger partial charge < -0.3 is 10.1 Å². The zero-order valence-electron chi connectivity index (χ0n) is 11.0. The normalized spacial score (nSPS) is 12.6. The van der Waals surface area contributed by atoms with Crippen LogP contribution in [0.25, 0.3) is 0 Å². The summed E-state index contributed by atoms with van der Waals surface area (Å²) >= 11 is 1.76. The Bertz CT molecular complexity index is 227. The molecule has 96 valence electrons. The predicted octanol–water partition coefficient (Wildman–Crippen LogP) is 3.90. The molecular weight excluding hydrogens is 317 g/mol. The van der Waals surface area contributed by atoms with Crippen molar-refractivity contribution in [3.63, 3.8) is 0 Å². The minimum Gasteiger partial charge on any atom is -0.375 e. The molecule has 0 aliphatic carbocycles. The fraction of sp³-hybridized carbons (Fsp3) is 0.917. The van der Waals surface area contributed by atoms with E-state index in [9.17, 15) is 4.79 Å². The molecule has 3 nitrogen and oxygen atoms in total. The Balaban J connectivity index is 3.92. The molecule has 0 aromatic carbocycles. The summed E-state index contributed by atoms with van der Waals surface area (Å²) in [5, 5.41) is 2.91. The van der Waals surface area contributed by atoms with E-state index >= 15 is 0 Å².